The monoisotopic (exact) mass is 482 g/mol. The van der Waals surface area contributed by atoms with Crippen molar-refractivity contribution in [2.45, 2.75) is 4.90 Å². The molecule has 2 heterocycles. The van der Waals surface area contributed by atoms with E-state index in [1.807, 2.05) is 0 Å². The van der Waals surface area contributed by atoms with Crippen LogP contribution in [-0.2, 0) is 10.0 Å². The number of amides is 1. The van der Waals surface area contributed by atoms with Gasteiger partial charge in [-0.3, -0.25) is 10.1 Å². The summed E-state index contributed by atoms with van der Waals surface area (Å²) in [7, 11) is -3.76. The minimum absolute atomic E-state index is 0.0476. The van der Waals surface area contributed by atoms with Crippen LogP contribution in [0.15, 0.2) is 77.1 Å². The zero-order valence-corrected chi connectivity index (χ0v) is 19.0. The van der Waals surface area contributed by atoms with E-state index in [1.165, 1.54) is 40.7 Å². The van der Waals surface area contributed by atoms with Gasteiger partial charge in [0.05, 0.1) is 4.90 Å². The molecule has 1 aliphatic heterocycles. The first-order valence-corrected chi connectivity index (χ1v) is 11.7. The molecule has 2 aromatic carbocycles. The van der Waals surface area contributed by atoms with Gasteiger partial charge in [0, 0.05) is 24.2 Å². The standard InChI is InChI=1S/C23H22N4O6S/c1-3-11-27(12-4-2)34(29,30)18-8-5-16(6-9-18)21(28)24-23-26-25-22(33-23)17-7-10-19-20(15-17)32-14-13-31-19/h3-10,15H,1-2,11-14H2,(H,24,26,28). The Kier molecular flexibility index (Phi) is 6.75. The SMILES string of the molecule is C=CCN(CC=C)S(=O)(=O)c1ccc(C(=O)Nc2nnc(-c3ccc4c(c3)OCCO4)o2)cc1. The number of fused-ring (bicyclic) bond motifs is 1. The fourth-order valence-corrected chi connectivity index (χ4v) is 4.60. The van der Waals surface area contributed by atoms with E-state index >= 15 is 0 Å². The van der Waals surface area contributed by atoms with Gasteiger partial charge in [-0.05, 0) is 42.5 Å². The lowest BCUT2D eigenvalue weighted by Crippen LogP contribution is -2.31. The Hall–Kier alpha value is -3.96. The number of nitrogens with zero attached hydrogens (tertiary/aromatic N) is 3. The first-order valence-electron chi connectivity index (χ1n) is 10.3. The second kappa shape index (κ2) is 9.89. The average molecular weight is 483 g/mol. The molecule has 0 unspecified atom stereocenters. The third-order valence-electron chi connectivity index (χ3n) is 4.85. The van der Waals surface area contributed by atoms with E-state index in [-0.39, 0.29) is 35.5 Å². The van der Waals surface area contributed by atoms with Crippen molar-refractivity contribution in [3.05, 3.63) is 73.3 Å². The number of sulfonamides is 1. The zero-order chi connectivity index (χ0) is 24.1. The highest BCUT2D eigenvalue weighted by Crippen LogP contribution is 2.34. The van der Waals surface area contributed by atoms with Gasteiger partial charge >= 0.3 is 6.01 Å². The van der Waals surface area contributed by atoms with Gasteiger partial charge in [0.1, 0.15) is 13.2 Å². The van der Waals surface area contributed by atoms with E-state index in [4.69, 9.17) is 13.9 Å². The van der Waals surface area contributed by atoms with Gasteiger partial charge in [-0.2, -0.15) is 4.31 Å². The summed E-state index contributed by atoms with van der Waals surface area (Å²) in [6.45, 7) is 8.37. The van der Waals surface area contributed by atoms with E-state index in [0.29, 0.717) is 30.3 Å². The number of rotatable bonds is 9. The number of carbonyl (C=O) groups is 1. The van der Waals surface area contributed by atoms with Crippen LogP contribution in [0.25, 0.3) is 11.5 Å². The van der Waals surface area contributed by atoms with Crippen LogP contribution in [0.1, 0.15) is 10.4 Å². The van der Waals surface area contributed by atoms with E-state index in [2.05, 4.69) is 28.7 Å². The summed E-state index contributed by atoms with van der Waals surface area (Å²) < 4.78 is 43.4. The number of hydrogen-bond donors (Lipinski definition) is 1. The van der Waals surface area contributed by atoms with Crippen LogP contribution in [0, 0.1) is 0 Å². The zero-order valence-electron chi connectivity index (χ0n) is 18.1. The number of aromatic nitrogens is 2. The lowest BCUT2D eigenvalue weighted by molar-refractivity contribution is 0.102. The molecule has 1 aromatic heterocycles. The maximum Gasteiger partial charge on any atom is 0.322 e. The minimum atomic E-state index is -3.76. The topological polar surface area (TPSA) is 124 Å². The molecule has 0 radical (unpaired) electrons. The molecule has 3 aromatic rings. The summed E-state index contributed by atoms with van der Waals surface area (Å²) in [6, 6.07) is 10.6. The van der Waals surface area contributed by atoms with Crippen molar-refractivity contribution in [3.63, 3.8) is 0 Å². The van der Waals surface area contributed by atoms with Crippen molar-refractivity contribution < 1.29 is 27.1 Å². The van der Waals surface area contributed by atoms with E-state index < -0.39 is 15.9 Å². The lowest BCUT2D eigenvalue weighted by Gasteiger charge is -2.19. The van der Waals surface area contributed by atoms with Gasteiger partial charge in [-0.25, -0.2) is 8.42 Å². The second-order valence-corrected chi connectivity index (χ2v) is 9.09. The number of anilines is 1. The number of hydrogen-bond acceptors (Lipinski definition) is 8. The summed E-state index contributed by atoms with van der Waals surface area (Å²) in [6.07, 6.45) is 2.99. The third-order valence-corrected chi connectivity index (χ3v) is 6.70. The van der Waals surface area contributed by atoms with Crippen LogP contribution >= 0.6 is 0 Å². The molecule has 1 aliphatic rings. The quantitative estimate of drug-likeness (QED) is 0.462. The van der Waals surface area contributed by atoms with Gasteiger partial charge in [-0.15, -0.1) is 18.3 Å². The van der Waals surface area contributed by atoms with Gasteiger partial charge < -0.3 is 13.9 Å². The van der Waals surface area contributed by atoms with E-state index in [0.717, 1.165) is 0 Å². The average Bonchev–Trinajstić information content (AvgIpc) is 3.32. The predicted molar refractivity (Wildman–Crippen MR) is 124 cm³/mol. The van der Waals surface area contributed by atoms with Crippen molar-refractivity contribution in [2.75, 3.05) is 31.6 Å². The maximum atomic E-state index is 12.8. The smallest absolute Gasteiger partial charge is 0.322 e. The molecule has 0 fully saturated rings. The van der Waals surface area contributed by atoms with Crippen LogP contribution in [-0.4, -0.2) is 55.1 Å². The highest BCUT2D eigenvalue weighted by molar-refractivity contribution is 7.89. The Morgan fingerprint density at radius 1 is 1.00 bits per heavy atom. The lowest BCUT2D eigenvalue weighted by atomic mass is 10.2. The van der Waals surface area contributed by atoms with Crippen molar-refractivity contribution in [3.8, 4) is 23.0 Å². The summed E-state index contributed by atoms with van der Waals surface area (Å²) >= 11 is 0. The van der Waals surface area contributed by atoms with Crippen LogP contribution in [0.2, 0.25) is 0 Å². The van der Waals surface area contributed by atoms with Crippen LogP contribution in [0.4, 0.5) is 6.01 Å². The molecule has 34 heavy (non-hydrogen) atoms. The molecule has 11 heteroatoms. The Labute approximate surface area is 196 Å². The molecule has 0 bridgehead atoms. The summed E-state index contributed by atoms with van der Waals surface area (Å²) in [5.41, 5.74) is 0.826. The molecule has 176 valence electrons. The summed E-state index contributed by atoms with van der Waals surface area (Å²) in [5, 5.41) is 10.3. The van der Waals surface area contributed by atoms with E-state index in [1.54, 1.807) is 18.2 Å². The molecule has 4 rings (SSSR count). The maximum absolute atomic E-state index is 12.8. The van der Waals surface area contributed by atoms with E-state index in [9.17, 15) is 13.2 Å². The van der Waals surface area contributed by atoms with Gasteiger partial charge in [0.15, 0.2) is 11.5 Å². The normalized spacial score (nSPS) is 12.9. The molecule has 0 saturated heterocycles. The second-order valence-electron chi connectivity index (χ2n) is 7.15. The van der Waals surface area contributed by atoms with Gasteiger partial charge in [-0.1, -0.05) is 17.3 Å². The fourth-order valence-electron chi connectivity index (χ4n) is 3.22. The molecular formula is C23H22N4O6S. The largest absolute Gasteiger partial charge is 0.486 e. The third kappa shape index (κ3) is 4.85. The Bertz CT molecular complexity index is 1310. The highest BCUT2D eigenvalue weighted by atomic mass is 32.2. The molecule has 1 amide bonds. The summed E-state index contributed by atoms with van der Waals surface area (Å²) in [5.74, 6) is 0.863. The Morgan fingerprint density at radius 2 is 1.68 bits per heavy atom. The van der Waals surface area contributed by atoms with Crippen LogP contribution < -0.4 is 14.8 Å². The van der Waals surface area contributed by atoms with Crippen LogP contribution in [0.5, 0.6) is 11.5 Å². The molecular weight excluding hydrogens is 460 g/mol. The van der Waals surface area contributed by atoms with Crippen LogP contribution in [0.3, 0.4) is 0 Å². The van der Waals surface area contributed by atoms with Crippen molar-refractivity contribution in [2.24, 2.45) is 0 Å². The molecule has 0 aliphatic carbocycles. The van der Waals surface area contributed by atoms with Crippen molar-refractivity contribution >= 4 is 21.9 Å². The predicted octanol–water partition coefficient (Wildman–Crippen LogP) is 3.12. The Morgan fingerprint density at radius 3 is 2.35 bits per heavy atom. The number of carbonyl (C=O) groups excluding carboxylic acids is 1. The highest BCUT2D eigenvalue weighted by Gasteiger charge is 2.23. The first-order chi connectivity index (χ1) is 16.4. The number of nitrogens with one attached hydrogen (secondary N) is 1. The van der Waals surface area contributed by atoms with Gasteiger partial charge in [0.25, 0.3) is 5.91 Å². The minimum Gasteiger partial charge on any atom is -0.486 e. The number of benzene rings is 2. The molecule has 0 saturated carbocycles. The molecule has 0 atom stereocenters. The van der Waals surface area contributed by atoms with Crippen molar-refractivity contribution in [1.29, 1.82) is 0 Å². The fraction of sp³-hybridized carbons (Fsp3) is 0.174. The molecule has 0 spiro atoms. The van der Waals surface area contributed by atoms with Crippen molar-refractivity contribution in [1.82, 2.24) is 14.5 Å². The first kappa shape index (κ1) is 23.2. The molecule has 10 nitrogen and oxygen atoms in total. The number of ether oxygens (including phenoxy) is 2. The summed E-state index contributed by atoms with van der Waals surface area (Å²) in [4.78, 5) is 12.6. The Balaban J connectivity index is 1.46. The molecule has 1 N–H and O–H groups in total. The van der Waals surface area contributed by atoms with Gasteiger partial charge in [0.2, 0.25) is 15.9 Å².